The van der Waals surface area contributed by atoms with E-state index in [0.717, 1.165) is 16.8 Å². The smallest absolute Gasteiger partial charge is 0.231 e. The van der Waals surface area contributed by atoms with E-state index in [9.17, 15) is 9.59 Å². The Balaban J connectivity index is 2.39. The second kappa shape index (κ2) is 3.72. The molecule has 0 spiro atoms. The molecule has 0 aromatic heterocycles. The number of amides is 1. The Morgan fingerprint density at radius 3 is 2.81 bits per heavy atom. The predicted octanol–water partition coefficient (Wildman–Crippen LogP) is 0.794. The lowest BCUT2D eigenvalue weighted by Crippen LogP contribution is -2.20. The van der Waals surface area contributed by atoms with Crippen molar-refractivity contribution in [1.82, 2.24) is 0 Å². The molecule has 84 valence electrons. The fourth-order valence-corrected chi connectivity index (χ4v) is 1.92. The Bertz CT molecular complexity index is 468. The van der Waals surface area contributed by atoms with Gasteiger partial charge in [-0.05, 0) is 24.1 Å². The van der Waals surface area contributed by atoms with Crippen LogP contribution in [0.1, 0.15) is 24.1 Å². The van der Waals surface area contributed by atoms with E-state index >= 15 is 0 Å². The van der Waals surface area contributed by atoms with Crippen molar-refractivity contribution in [1.29, 1.82) is 0 Å². The molecule has 0 bridgehead atoms. The van der Waals surface area contributed by atoms with Crippen LogP contribution in [-0.4, -0.2) is 18.7 Å². The number of benzene rings is 1. The molecule has 4 nitrogen and oxygen atoms in total. The lowest BCUT2D eigenvalue weighted by Gasteiger charge is -2.12. The van der Waals surface area contributed by atoms with Crippen LogP contribution in [0.4, 0.5) is 5.69 Å². The maximum atomic E-state index is 11.5. The van der Waals surface area contributed by atoms with Gasteiger partial charge in [0.25, 0.3) is 0 Å². The molecular formula is C12H14N2O2. The zero-order chi connectivity index (χ0) is 11.9. The number of hydrogen-bond donors (Lipinski definition) is 1. The largest absolute Gasteiger partial charge is 0.318 e. The van der Waals surface area contributed by atoms with Crippen molar-refractivity contribution in [3.05, 3.63) is 29.3 Å². The summed E-state index contributed by atoms with van der Waals surface area (Å²) in [5.74, 6) is 0.00109. The number of nitrogens with two attached hydrogens (primary N) is 1. The van der Waals surface area contributed by atoms with Gasteiger partial charge in [-0.15, -0.1) is 0 Å². The number of carbonyl (C=O) groups excluding carboxylic acids is 2. The van der Waals surface area contributed by atoms with Gasteiger partial charge in [0, 0.05) is 12.7 Å². The number of fused-ring (bicyclic) bond motifs is 1. The molecule has 2 rings (SSSR count). The fourth-order valence-electron chi connectivity index (χ4n) is 1.92. The van der Waals surface area contributed by atoms with Crippen molar-refractivity contribution in [3.8, 4) is 0 Å². The Hall–Kier alpha value is -1.68. The highest BCUT2D eigenvalue weighted by molar-refractivity contribution is 6.01. The highest BCUT2D eigenvalue weighted by Gasteiger charge is 2.25. The average molecular weight is 218 g/mol. The van der Waals surface area contributed by atoms with Crippen LogP contribution in [0.5, 0.6) is 0 Å². The van der Waals surface area contributed by atoms with Crippen LogP contribution < -0.4 is 10.6 Å². The van der Waals surface area contributed by atoms with Crippen molar-refractivity contribution in [2.75, 3.05) is 11.9 Å². The van der Waals surface area contributed by atoms with Crippen molar-refractivity contribution >= 4 is 17.4 Å². The summed E-state index contributed by atoms with van der Waals surface area (Å²) in [6.07, 6.45) is 0.393. The Morgan fingerprint density at radius 1 is 1.50 bits per heavy atom. The van der Waals surface area contributed by atoms with E-state index in [4.69, 9.17) is 5.73 Å². The van der Waals surface area contributed by atoms with Gasteiger partial charge in [-0.2, -0.15) is 0 Å². The lowest BCUT2D eigenvalue weighted by atomic mass is 10.0. The highest BCUT2D eigenvalue weighted by Crippen LogP contribution is 2.29. The van der Waals surface area contributed by atoms with Crippen molar-refractivity contribution in [3.63, 3.8) is 0 Å². The second-order valence-electron chi connectivity index (χ2n) is 4.11. The van der Waals surface area contributed by atoms with Gasteiger partial charge in [0.2, 0.25) is 5.91 Å². The van der Waals surface area contributed by atoms with Crippen molar-refractivity contribution in [2.45, 2.75) is 19.4 Å². The summed E-state index contributed by atoms with van der Waals surface area (Å²) in [4.78, 5) is 24.3. The minimum Gasteiger partial charge on any atom is -0.318 e. The molecule has 1 aromatic carbocycles. The molecule has 4 heteroatoms. The summed E-state index contributed by atoms with van der Waals surface area (Å²) in [7, 11) is 1.75. The quantitative estimate of drug-likeness (QED) is 0.798. The van der Waals surface area contributed by atoms with Crippen LogP contribution in [0, 0.1) is 0 Å². The number of hydrogen-bond acceptors (Lipinski definition) is 3. The SMILES string of the molecule is CC(=O)C(N)c1ccc2c(c1)CC(=O)N2C. The third-order valence-electron chi connectivity index (χ3n) is 2.98. The number of likely N-dealkylation sites (N-methyl/N-ethyl adjacent to an activating group) is 1. The summed E-state index contributed by atoms with van der Waals surface area (Å²) in [5.41, 5.74) is 8.38. The third-order valence-corrected chi connectivity index (χ3v) is 2.98. The molecule has 1 aliphatic rings. The van der Waals surface area contributed by atoms with Gasteiger partial charge >= 0.3 is 0 Å². The first-order valence-electron chi connectivity index (χ1n) is 5.16. The van der Waals surface area contributed by atoms with Crippen LogP contribution in [0.2, 0.25) is 0 Å². The van der Waals surface area contributed by atoms with Gasteiger partial charge < -0.3 is 10.6 Å². The van der Waals surface area contributed by atoms with E-state index < -0.39 is 6.04 Å². The molecule has 1 aromatic rings. The normalized spacial score (nSPS) is 16.2. The van der Waals surface area contributed by atoms with Crippen LogP contribution in [0.15, 0.2) is 18.2 Å². The summed E-state index contributed by atoms with van der Waals surface area (Å²) in [5, 5.41) is 0. The first-order chi connectivity index (χ1) is 7.50. The lowest BCUT2D eigenvalue weighted by molar-refractivity contribution is -0.118. The molecule has 0 aliphatic carbocycles. The molecule has 1 heterocycles. The number of Topliss-reactive ketones (excluding diaryl/α,β-unsaturated/α-hetero) is 1. The molecule has 1 amide bonds. The minimum atomic E-state index is -0.591. The zero-order valence-electron chi connectivity index (χ0n) is 9.36. The Kier molecular flexibility index (Phi) is 2.52. The molecule has 0 saturated heterocycles. The van der Waals surface area contributed by atoms with Crippen LogP contribution in [-0.2, 0) is 16.0 Å². The molecular weight excluding hydrogens is 204 g/mol. The molecule has 2 N–H and O–H groups in total. The minimum absolute atomic E-state index is 0.0716. The van der Waals surface area contributed by atoms with Crippen LogP contribution >= 0.6 is 0 Å². The van der Waals surface area contributed by atoms with Gasteiger partial charge in [0.1, 0.15) is 0 Å². The first kappa shape index (κ1) is 10.8. The third kappa shape index (κ3) is 1.61. The van der Waals surface area contributed by atoms with E-state index in [1.54, 1.807) is 18.0 Å². The molecule has 0 fully saturated rings. The number of ketones is 1. The van der Waals surface area contributed by atoms with Gasteiger partial charge in [0.15, 0.2) is 5.78 Å². The maximum Gasteiger partial charge on any atom is 0.231 e. The van der Waals surface area contributed by atoms with Gasteiger partial charge in [-0.1, -0.05) is 12.1 Å². The van der Waals surface area contributed by atoms with Gasteiger partial charge in [-0.25, -0.2) is 0 Å². The second-order valence-corrected chi connectivity index (χ2v) is 4.11. The molecule has 1 aliphatic heterocycles. The van der Waals surface area contributed by atoms with Crippen LogP contribution in [0.25, 0.3) is 0 Å². The van der Waals surface area contributed by atoms with E-state index in [0.29, 0.717) is 6.42 Å². The van der Waals surface area contributed by atoms with E-state index in [-0.39, 0.29) is 11.7 Å². The number of anilines is 1. The summed E-state index contributed by atoms with van der Waals surface area (Å²) >= 11 is 0. The topological polar surface area (TPSA) is 63.4 Å². The number of nitrogens with zero attached hydrogens (tertiary/aromatic N) is 1. The standard InChI is InChI=1S/C12H14N2O2/c1-7(15)12(13)8-3-4-10-9(5-8)6-11(16)14(10)2/h3-5,12H,6,13H2,1-2H3. The Labute approximate surface area is 94.0 Å². The summed E-state index contributed by atoms with van der Waals surface area (Å²) in [6, 6.07) is 4.91. The van der Waals surface area contributed by atoms with Crippen molar-refractivity contribution in [2.24, 2.45) is 5.73 Å². The highest BCUT2D eigenvalue weighted by atomic mass is 16.2. The summed E-state index contributed by atoms with van der Waals surface area (Å²) < 4.78 is 0. The molecule has 1 unspecified atom stereocenters. The number of rotatable bonds is 2. The van der Waals surface area contributed by atoms with Gasteiger partial charge in [0.05, 0.1) is 12.5 Å². The predicted molar refractivity (Wildman–Crippen MR) is 61.2 cm³/mol. The molecule has 16 heavy (non-hydrogen) atoms. The molecule has 0 radical (unpaired) electrons. The number of carbonyl (C=O) groups is 2. The Morgan fingerprint density at radius 2 is 2.19 bits per heavy atom. The van der Waals surface area contributed by atoms with E-state index in [2.05, 4.69) is 0 Å². The average Bonchev–Trinajstić information content (AvgIpc) is 2.53. The van der Waals surface area contributed by atoms with Gasteiger partial charge in [-0.3, -0.25) is 9.59 Å². The van der Waals surface area contributed by atoms with Crippen LogP contribution in [0.3, 0.4) is 0 Å². The maximum absolute atomic E-state index is 11.5. The van der Waals surface area contributed by atoms with Crippen molar-refractivity contribution < 1.29 is 9.59 Å². The summed E-state index contributed by atoms with van der Waals surface area (Å²) in [6.45, 7) is 1.47. The molecule has 1 atom stereocenters. The molecule has 0 saturated carbocycles. The van der Waals surface area contributed by atoms with E-state index in [1.165, 1.54) is 6.92 Å². The zero-order valence-corrected chi connectivity index (χ0v) is 9.36. The monoisotopic (exact) mass is 218 g/mol. The van der Waals surface area contributed by atoms with E-state index in [1.807, 2.05) is 12.1 Å². The first-order valence-corrected chi connectivity index (χ1v) is 5.16. The fraction of sp³-hybridized carbons (Fsp3) is 0.333.